The lowest BCUT2D eigenvalue weighted by atomic mass is 9.90. The first-order chi connectivity index (χ1) is 12.8. The molecule has 2 fully saturated rings. The molecule has 27 heavy (non-hydrogen) atoms. The summed E-state index contributed by atoms with van der Waals surface area (Å²) in [5, 5.41) is 3.48. The highest BCUT2D eigenvalue weighted by Gasteiger charge is 2.46. The SMILES string of the molecule is Cc1cc(F)ccc1-c1ccc(CN[C@@H]2CCO[C@@]3(CCS(=O)(=O)C3)C2)o1. The predicted octanol–water partition coefficient (Wildman–Crippen LogP) is 3.22. The molecule has 5 nitrogen and oxygen atoms in total. The summed E-state index contributed by atoms with van der Waals surface area (Å²) in [5.41, 5.74) is 1.19. The number of benzene rings is 1. The zero-order chi connectivity index (χ0) is 19.1. The zero-order valence-corrected chi connectivity index (χ0v) is 16.1. The summed E-state index contributed by atoms with van der Waals surface area (Å²) in [6, 6.07) is 8.66. The Kier molecular flexibility index (Phi) is 4.86. The molecule has 2 atom stereocenters. The van der Waals surface area contributed by atoms with E-state index >= 15 is 0 Å². The van der Waals surface area contributed by atoms with Crippen LogP contribution in [0.15, 0.2) is 34.7 Å². The van der Waals surface area contributed by atoms with Crippen LogP contribution in [0.3, 0.4) is 0 Å². The van der Waals surface area contributed by atoms with E-state index in [4.69, 9.17) is 9.15 Å². The topological polar surface area (TPSA) is 68.5 Å². The molecule has 2 aliphatic rings. The maximum Gasteiger partial charge on any atom is 0.153 e. The van der Waals surface area contributed by atoms with Gasteiger partial charge in [0.2, 0.25) is 0 Å². The van der Waals surface area contributed by atoms with E-state index in [0.29, 0.717) is 26.0 Å². The van der Waals surface area contributed by atoms with Gasteiger partial charge in [0.05, 0.1) is 23.7 Å². The third kappa shape index (κ3) is 4.10. The van der Waals surface area contributed by atoms with Crippen LogP contribution in [0, 0.1) is 12.7 Å². The zero-order valence-electron chi connectivity index (χ0n) is 15.3. The number of halogens is 1. The Labute approximate surface area is 158 Å². The number of ether oxygens (including phenoxy) is 1. The molecule has 1 N–H and O–H groups in total. The van der Waals surface area contributed by atoms with Gasteiger partial charge in [0, 0.05) is 18.2 Å². The molecule has 2 aliphatic heterocycles. The summed E-state index contributed by atoms with van der Waals surface area (Å²) < 4.78 is 48.7. The molecule has 0 bridgehead atoms. The van der Waals surface area contributed by atoms with Crippen molar-refractivity contribution < 1.29 is 22.0 Å². The molecule has 1 aromatic heterocycles. The molecule has 3 heterocycles. The first-order valence-electron chi connectivity index (χ1n) is 9.27. The molecule has 1 spiro atoms. The summed E-state index contributed by atoms with van der Waals surface area (Å²) in [6.07, 6.45) is 2.14. The largest absolute Gasteiger partial charge is 0.460 e. The molecular weight excluding hydrogens is 369 g/mol. The fraction of sp³-hybridized carbons (Fsp3) is 0.500. The third-order valence-corrected chi connectivity index (χ3v) is 7.32. The van der Waals surface area contributed by atoms with Crippen LogP contribution >= 0.6 is 0 Å². The van der Waals surface area contributed by atoms with Gasteiger partial charge < -0.3 is 14.5 Å². The van der Waals surface area contributed by atoms with Crippen LogP contribution in [0.4, 0.5) is 4.39 Å². The van der Waals surface area contributed by atoms with Crippen molar-refractivity contribution in [1.29, 1.82) is 0 Å². The summed E-state index contributed by atoms with van der Waals surface area (Å²) >= 11 is 0. The van der Waals surface area contributed by atoms with E-state index in [1.807, 2.05) is 19.1 Å². The summed E-state index contributed by atoms with van der Waals surface area (Å²) in [4.78, 5) is 0. The van der Waals surface area contributed by atoms with Gasteiger partial charge in [-0.15, -0.1) is 0 Å². The summed E-state index contributed by atoms with van der Waals surface area (Å²) in [6.45, 7) is 3.00. The van der Waals surface area contributed by atoms with Gasteiger partial charge in [-0.1, -0.05) is 0 Å². The Morgan fingerprint density at radius 1 is 1.30 bits per heavy atom. The van der Waals surface area contributed by atoms with Crippen molar-refractivity contribution in [2.24, 2.45) is 0 Å². The van der Waals surface area contributed by atoms with Crippen LogP contribution in [-0.4, -0.2) is 38.2 Å². The van der Waals surface area contributed by atoms with Crippen LogP contribution in [0.25, 0.3) is 11.3 Å². The fourth-order valence-electron chi connectivity index (χ4n) is 4.13. The molecule has 0 aliphatic carbocycles. The second-order valence-electron chi connectivity index (χ2n) is 7.67. The Morgan fingerprint density at radius 2 is 2.15 bits per heavy atom. The molecule has 7 heteroatoms. The minimum absolute atomic E-state index is 0.132. The predicted molar refractivity (Wildman–Crippen MR) is 101 cm³/mol. The quantitative estimate of drug-likeness (QED) is 0.864. The summed E-state index contributed by atoms with van der Waals surface area (Å²) in [7, 11) is -2.98. The number of hydrogen-bond donors (Lipinski definition) is 1. The van der Waals surface area contributed by atoms with Gasteiger partial charge in [-0.3, -0.25) is 0 Å². The third-order valence-electron chi connectivity index (χ3n) is 5.53. The lowest BCUT2D eigenvalue weighted by Crippen LogP contribution is -2.47. The maximum absolute atomic E-state index is 13.3. The van der Waals surface area contributed by atoms with Crippen molar-refractivity contribution in [3.63, 3.8) is 0 Å². The number of furan rings is 1. The number of hydrogen-bond acceptors (Lipinski definition) is 5. The van der Waals surface area contributed by atoms with E-state index in [2.05, 4.69) is 5.32 Å². The number of nitrogens with one attached hydrogen (secondary N) is 1. The van der Waals surface area contributed by atoms with Crippen molar-refractivity contribution in [2.45, 2.75) is 44.4 Å². The Hall–Kier alpha value is -1.70. The minimum atomic E-state index is -2.98. The molecule has 2 saturated heterocycles. The van der Waals surface area contributed by atoms with Gasteiger partial charge in [0.25, 0.3) is 0 Å². The Morgan fingerprint density at radius 3 is 2.89 bits per heavy atom. The van der Waals surface area contributed by atoms with Gasteiger partial charge in [-0.2, -0.15) is 0 Å². The van der Waals surface area contributed by atoms with E-state index in [-0.39, 0.29) is 23.4 Å². The van der Waals surface area contributed by atoms with Crippen LogP contribution in [0.1, 0.15) is 30.6 Å². The van der Waals surface area contributed by atoms with Gasteiger partial charge in [0.1, 0.15) is 17.3 Å². The van der Waals surface area contributed by atoms with Crippen molar-refractivity contribution in [2.75, 3.05) is 18.1 Å². The van der Waals surface area contributed by atoms with E-state index < -0.39 is 15.4 Å². The number of sulfone groups is 1. The second kappa shape index (κ2) is 7.04. The van der Waals surface area contributed by atoms with E-state index in [1.165, 1.54) is 12.1 Å². The smallest absolute Gasteiger partial charge is 0.153 e. The Balaban J connectivity index is 1.39. The molecule has 0 amide bonds. The lowest BCUT2D eigenvalue weighted by molar-refractivity contribution is -0.0707. The normalized spacial score (nSPS) is 27.3. The molecule has 4 rings (SSSR count). The molecule has 0 unspecified atom stereocenters. The van der Waals surface area contributed by atoms with E-state index in [9.17, 15) is 12.8 Å². The van der Waals surface area contributed by atoms with Gasteiger partial charge in [-0.25, -0.2) is 12.8 Å². The number of rotatable bonds is 4. The van der Waals surface area contributed by atoms with Crippen molar-refractivity contribution in [1.82, 2.24) is 5.32 Å². The molecule has 0 radical (unpaired) electrons. The standard InChI is InChI=1S/C20H24FNO4S/c1-14-10-15(21)2-4-18(14)19-5-3-17(26-19)12-22-16-6-8-25-20(11-16)7-9-27(23,24)13-20/h2-5,10,16,22H,6-9,11-13H2,1H3/t16-,20+/m1/s1. The lowest BCUT2D eigenvalue weighted by Gasteiger charge is -2.37. The van der Waals surface area contributed by atoms with Gasteiger partial charge >= 0.3 is 0 Å². The molecular formula is C20H24FNO4S. The minimum Gasteiger partial charge on any atom is -0.460 e. The highest BCUT2D eigenvalue weighted by Crippen LogP contribution is 2.35. The first kappa shape index (κ1) is 18.7. The van der Waals surface area contributed by atoms with Crippen LogP contribution in [-0.2, 0) is 21.1 Å². The van der Waals surface area contributed by atoms with Crippen molar-refractivity contribution >= 4 is 9.84 Å². The maximum atomic E-state index is 13.3. The average molecular weight is 393 g/mol. The second-order valence-corrected chi connectivity index (χ2v) is 9.85. The molecule has 0 saturated carbocycles. The van der Waals surface area contributed by atoms with Crippen molar-refractivity contribution in [3.05, 3.63) is 47.5 Å². The fourth-order valence-corrected chi connectivity index (χ4v) is 6.10. The van der Waals surface area contributed by atoms with Gasteiger partial charge in [0.15, 0.2) is 9.84 Å². The van der Waals surface area contributed by atoms with Gasteiger partial charge in [-0.05, 0) is 62.1 Å². The molecule has 146 valence electrons. The first-order valence-corrected chi connectivity index (χ1v) is 11.1. The molecule has 1 aromatic carbocycles. The van der Waals surface area contributed by atoms with Crippen LogP contribution in [0.5, 0.6) is 0 Å². The van der Waals surface area contributed by atoms with Crippen LogP contribution in [0.2, 0.25) is 0 Å². The highest BCUT2D eigenvalue weighted by molar-refractivity contribution is 7.91. The van der Waals surface area contributed by atoms with E-state index in [0.717, 1.165) is 29.1 Å². The number of aryl methyl sites for hydroxylation is 1. The van der Waals surface area contributed by atoms with Crippen molar-refractivity contribution in [3.8, 4) is 11.3 Å². The summed E-state index contributed by atoms with van der Waals surface area (Å²) in [5.74, 6) is 1.61. The Bertz CT molecular complexity index is 939. The molecule has 2 aromatic rings. The highest BCUT2D eigenvalue weighted by atomic mass is 32.2. The monoisotopic (exact) mass is 393 g/mol. The van der Waals surface area contributed by atoms with E-state index in [1.54, 1.807) is 6.07 Å². The average Bonchev–Trinajstić information content (AvgIpc) is 3.18. The van der Waals surface area contributed by atoms with Crippen LogP contribution < -0.4 is 5.32 Å².